The Balaban J connectivity index is 1.15. The minimum Gasteiger partial charge on any atom is -0.359 e. The monoisotopic (exact) mass is 518 g/mol. The Morgan fingerprint density at radius 3 is 2.62 bits per heavy atom. The van der Waals surface area contributed by atoms with Crippen molar-refractivity contribution in [2.75, 3.05) is 43.9 Å². The van der Waals surface area contributed by atoms with Crippen molar-refractivity contribution >= 4 is 38.5 Å². The van der Waals surface area contributed by atoms with Crippen LogP contribution in [0.4, 0.5) is 21.3 Å². The minimum atomic E-state index is -0.464. The number of pyridine rings is 1. The van der Waals surface area contributed by atoms with Crippen molar-refractivity contribution in [2.24, 2.45) is 0 Å². The number of anilines is 3. The molecule has 1 aliphatic carbocycles. The van der Waals surface area contributed by atoms with Crippen molar-refractivity contribution in [1.82, 2.24) is 29.7 Å². The molecule has 1 aliphatic heterocycles. The smallest absolute Gasteiger partial charge is 0.229 e. The van der Waals surface area contributed by atoms with Gasteiger partial charge in [-0.15, -0.1) is 0 Å². The molecule has 0 atom stereocenters. The maximum atomic E-state index is 14.8. The van der Waals surface area contributed by atoms with Crippen LogP contribution in [0, 0.1) is 5.82 Å². The molecule has 4 aromatic rings. The van der Waals surface area contributed by atoms with Crippen LogP contribution in [0.15, 0.2) is 42.7 Å². The molecule has 0 radical (unpaired) electrons. The number of fused-ring (bicyclic) bond motifs is 1. The van der Waals surface area contributed by atoms with Gasteiger partial charge >= 0.3 is 0 Å². The Labute approximate surface area is 220 Å². The highest BCUT2D eigenvalue weighted by molar-refractivity contribution is 7.22. The van der Waals surface area contributed by atoms with E-state index in [1.165, 1.54) is 31.9 Å². The second-order valence-corrected chi connectivity index (χ2v) is 11.0. The van der Waals surface area contributed by atoms with Gasteiger partial charge in [-0.05, 0) is 43.7 Å². The van der Waals surface area contributed by atoms with E-state index in [0.717, 1.165) is 53.6 Å². The van der Waals surface area contributed by atoms with Crippen molar-refractivity contribution in [3.05, 3.63) is 54.1 Å². The Kier molecular flexibility index (Phi) is 6.95. The number of thiazole rings is 1. The van der Waals surface area contributed by atoms with Crippen molar-refractivity contribution < 1.29 is 4.39 Å². The van der Waals surface area contributed by atoms with Gasteiger partial charge in [-0.1, -0.05) is 36.3 Å². The summed E-state index contributed by atoms with van der Waals surface area (Å²) in [5, 5.41) is 7.59. The van der Waals surface area contributed by atoms with Gasteiger partial charge in [0.05, 0.1) is 16.4 Å². The molecule has 0 unspecified atom stereocenters. The molecule has 2 N–H and O–H groups in total. The summed E-state index contributed by atoms with van der Waals surface area (Å²) in [7, 11) is 2.16. The van der Waals surface area contributed by atoms with E-state index in [0.29, 0.717) is 23.4 Å². The third kappa shape index (κ3) is 5.71. The highest BCUT2D eigenvalue weighted by atomic mass is 32.1. The summed E-state index contributed by atoms with van der Waals surface area (Å²) < 4.78 is 15.8. The molecule has 37 heavy (non-hydrogen) atoms. The van der Waals surface area contributed by atoms with Crippen LogP contribution in [-0.4, -0.2) is 69.0 Å². The summed E-state index contributed by atoms with van der Waals surface area (Å²) in [6.07, 6.45) is 8.00. The van der Waals surface area contributed by atoms with E-state index in [4.69, 9.17) is 4.98 Å². The number of nitrogens with one attached hydrogen (secondary N) is 2. The molecule has 8 nitrogen and oxygen atoms in total. The first-order valence-electron chi connectivity index (χ1n) is 12.9. The van der Waals surface area contributed by atoms with Gasteiger partial charge in [-0.25, -0.2) is 24.3 Å². The summed E-state index contributed by atoms with van der Waals surface area (Å²) in [6.45, 7) is 5.19. The molecular weight excluding hydrogens is 487 g/mol. The second-order valence-electron chi connectivity index (χ2n) is 9.97. The number of likely N-dealkylation sites (N-methyl/N-ethyl adjacent to an activating group) is 1. The summed E-state index contributed by atoms with van der Waals surface area (Å²) in [5.74, 6) is 0.470. The molecular formula is C27H31FN8S. The third-order valence-corrected chi connectivity index (χ3v) is 8.10. The quantitative estimate of drug-likeness (QED) is 0.348. The van der Waals surface area contributed by atoms with Gasteiger partial charge in [0.2, 0.25) is 5.95 Å². The van der Waals surface area contributed by atoms with Crippen molar-refractivity contribution in [3.8, 4) is 11.3 Å². The Hall–Kier alpha value is -3.21. The van der Waals surface area contributed by atoms with Crippen molar-refractivity contribution in [2.45, 2.75) is 38.3 Å². The number of nitrogens with zero attached hydrogens (tertiary/aromatic N) is 6. The SMILES string of the molecule is CN1CCN(Cc2ccc(Nc3ncc(F)c(-c4ccc5nc(NC6CCCC6)sc5c4)n3)nc2)CC1. The molecule has 0 bridgehead atoms. The first-order valence-corrected chi connectivity index (χ1v) is 13.7. The molecule has 1 saturated heterocycles. The van der Waals surface area contributed by atoms with Crippen LogP contribution in [0.5, 0.6) is 0 Å². The number of aromatic nitrogens is 4. The zero-order valence-corrected chi connectivity index (χ0v) is 21.8. The summed E-state index contributed by atoms with van der Waals surface area (Å²) in [4.78, 5) is 22.6. The Morgan fingerprint density at radius 1 is 1.00 bits per heavy atom. The van der Waals surface area contributed by atoms with Crippen LogP contribution < -0.4 is 10.6 Å². The third-order valence-electron chi connectivity index (χ3n) is 7.16. The lowest BCUT2D eigenvalue weighted by atomic mass is 10.1. The topological polar surface area (TPSA) is 82.1 Å². The number of halogens is 1. The first-order chi connectivity index (χ1) is 18.1. The fourth-order valence-electron chi connectivity index (χ4n) is 4.98. The van der Waals surface area contributed by atoms with Crippen LogP contribution in [0.3, 0.4) is 0 Å². The van der Waals surface area contributed by atoms with E-state index >= 15 is 0 Å². The Bertz CT molecular complexity index is 1360. The number of piperazine rings is 1. The van der Waals surface area contributed by atoms with Gasteiger partial charge in [0, 0.05) is 50.5 Å². The lowest BCUT2D eigenvalue weighted by Crippen LogP contribution is -2.43. The first kappa shape index (κ1) is 24.1. The molecule has 0 spiro atoms. The van der Waals surface area contributed by atoms with E-state index in [1.54, 1.807) is 11.3 Å². The number of rotatable bonds is 7. The van der Waals surface area contributed by atoms with Crippen LogP contribution in [0.1, 0.15) is 31.2 Å². The fourth-order valence-corrected chi connectivity index (χ4v) is 5.96. The van der Waals surface area contributed by atoms with Gasteiger partial charge in [-0.2, -0.15) is 0 Å². The minimum absolute atomic E-state index is 0.254. The van der Waals surface area contributed by atoms with Crippen LogP contribution in [0.25, 0.3) is 21.5 Å². The highest BCUT2D eigenvalue weighted by Gasteiger charge is 2.18. The molecule has 1 aromatic carbocycles. The molecule has 6 rings (SSSR count). The van der Waals surface area contributed by atoms with Crippen LogP contribution in [0.2, 0.25) is 0 Å². The molecule has 192 valence electrons. The summed E-state index contributed by atoms with van der Waals surface area (Å²) in [6, 6.07) is 10.2. The van der Waals surface area contributed by atoms with Crippen molar-refractivity contribution in [1.29, 1.82) is 0 Å². The molecule has 3 aromatic heterocycles. The van der Waals surface area contributed by atoms with Crippen LogP contribution in [-0.2, 0) is 6.54 Å². The molecule has 1 saturated carbocycles. The van der Waals surface area contributed by atoms with E-state index in [1.807, 2.05) is 30.5 Å². The highest BCUT2D eigenvalue weighted by Crippen LogP contribution is 2.33. The molecule has 0 amide bonds. The average molecular weight is 519 g/mol. The second kappa shape index (κ2) is 10.6. The zero-order chi connectivity index (χ0) is 25.2. The Morgan fingerprint density at radius 2 is 1.84 bits per heavy atom. The van der Waals surface area contributed by atoms with E-state index in [-0.39, 0.29) is 5.69 Å². The predicted octanol–water partition coefficient (Wildman–Crippen LogP) is 5.13. The summed E-state index contributed by atoms with van der Waals surface area (Å²) >= 11 is 1.60. The molecule has 2 aliphatic rings. The lowest BCUT2D eigenvalue weighted by molar-refractivity contribution is 0.148. The van der Waals surface area contributed by atoms with Gasteiger partial charge in [0.15, 0.2) is 10.9 Å². The number of hydrogen-bond acceptors (Lipinski definition) is 9. The van der Waals surface area contributed by atoms with Gasteiger partial charge in [0.25, 0.3) is 0 Å². The molecule has 4 heterocycles. The van der Waals surface area contributed by atoms with Gasteiger partial charge < -0.3 is 15.5 Å². The van der Waals surface area contributed by atoms with Gasteiger partial charge in [-0.3, -0.25) is 4.90 Å². The molecule has 2 fully saturated rings. The largest absolute Gasteiger partial charge is 0.359 e. The van der Waals surface area contributed by atoms with E-state index in [2.05, 4.69) is 48.5 Å². The maximum Gasteiger partial charge on any atom is 0.229 e. The number of benzene rings is 1. The predicted molar refractivity (Wildman–Crippen MR) is 147 cm³/mol. The maximum absolute atomic E-state index is 14.8. The van der Waals surface area contributed by atoms with E-state index in [9.17, 15) is 4.39 Å². The standard InChI is InChI=1S/C27H31FN8S/c1-35-10-12-36(13-11-35)17-18-6-9-24(29-15-18)33-26-30-16-21(28)25(34-26)19-7-8-22-23(14-19)37-27(32-22)31-20-4-2-3-5-20/h6-9,14-16,20H,2-5,10-13,17H2,1H3,(H,31,32)(H,29,30,33,34). The fraction of sp³-hybridized carbons (Fsp3) is 0.407. The number of hydrogen-bond donors (Lipinski definition) is 2. The van der Waals surface area contributed by atoms with Gasteiger partial charge in [0.1, 0.15) is 11.5 Å². The summed E-state index contributed by atoms with van der Waals surface area (Å²) in [5.41, 5.74) is 3.02. The van der Waals surface area contributed by atoms with E-state index < -0.39 is 5.82 Å². The lowest BCUT2D eigenvalue weighted by Gasteiger charge is -2.32. The van der Waals surface area contributed by atoms with Crippen LogP contribution >= 0.6 is 11.3 Å². The normalized spacial score (nSPS) is 17.5. The average Bonchev–Trinajstić information content (AvgIpc) is 3.57. The zero-order valence-electron chi connectivity index (χ0n) is 21.0. The van der Waals surface area contributed by atoms with Crippen molar-refractivity contribution in [3.63, 3.8) is 0 Å². The molecule has 10 heteroatoms.